The third-order valence-corrected chi connectivity index (χ3v) is 3.92. The lowest BCUT2D eigenvalue weighted by Crippen LogP contribution is -2.41. The van der Waals surface area contributed by atoms with Gasteiger partial charge in [0.05, 0.1) is 16.6 Å². The molecule has 0 atom stereocenters. The minimum Gasteiger partial charge on any atom is -0.489 e. The number of hydrogen-bond acceptors (Lipinski definition) is 3. The van der Waals surface area contributed by atoms with E-state index in [1.165, 1.54) is 10.9 Å². The maximum Gasteiger partial charge on any atom is 0.329 e. The maximum atomic E-state index is 12.4. The van der Waals surface area contributed by atoms with E-state index in [-0.39, 0.29) is 18.7 Å². The van der Waals surface area contributed by atoms with Crippen molar-refractivity contribution in [3.63, 3.8) is 0 Å². The van der Waals surface area contributed by atoms with Gasteiger partial charge >= 0.3 is 6.03 Å². The molecule has 0 radical (unpaired) electrons. The fourth-order valence-electron chi connectivity index (χ4n) is 2.01. The number of halogens is 3. The van der Waals surface area contributed by atoms with Gasteiger partial charge in [-0.15, -0.1) is 0 Å². The molecule has 0 bridgehead atoms. The third kappa shape index (κ3) is 4.53. The van der Waals surface area contributed by atoms with E-state index in [1.54, 1.807) is 29.4 Å². The van der Waals surface area contributed by atoms with Crippen molar-refractivity contribution in [2.75, 3.05) is 13.2 Å². The molecule has 0 aliphatic carbocycles. The van der Waals surface area contributed by atoms with Gasteiger partial charge in [0.25, 0.3) is 0 Å². The molecule has 2 aromatic rings. The van der Waals surface area contributed by atoms with Crippen molar-refractivity contribution in [1.29, 1.82) is 0 Å². The van der Waals surface area contributed by atoms with Gasteiger partial charge in [0.1, 0.15) is 12.9 Å². The monoisotopic (exact) mass is 375 g/mol. The van der Waals surface area contributed by atoms with Crippen molar-refractivity contribution in [2.24, 2.45) is 0 Å². The average molecular weight is 377 g/mol. The first-order valence-corrected chi connectivity index (χ1v) is 8.09. The van der Waals surface area contributed by atoms with Crippen LogP contribution in [0.1, 0.15) is 13.8 Å². The standard InChI is InChI=1S/C15H16Cl3N3O2/c1-10(2)21(15(22)20-4-3-19-9-20)5-6-23-14-12(17)7-11(16)8-13(14)18/h3-4,7-10H,5-6H2,1-2H3. The second-order valence-corrected chi connectivity index (χ2v) is 6.34. The van der Waals surface area contributed by atoms with Crippen LogP contribution in [0.25, 0.3) is 0 Å². The first-order valence-electron chi connectivity index (χ1n) is 6.96. The summed E-state index contributed by atoms with van der Waals surface area (Å²) in [4.78, 5) is 17.9. The molecule has 1 aromatic heterocycles. The van der Waals surface area contributed by atoms with Gasteiger partial charge in [0.2, 0.25) is 0 Å². The molecule has 0 aliphatic heterocycles. The number of carbonyl (C=O) groups excluding carboxylic acids is 1. The first kappa shape index (κ1) is 17.9. The first-order chi connectivity index (χ1) is 10.9. The molecule has 2 rings (SSSR count). The van der Waals surface area contributed by atoms with Crippen LogP contribution in [0.15, 0.2) is 30.9 Å². The number of benzene rings is 1. The lowest BCUT2D eigenvalue weighted by molar-refractivity contribution is 0.167. The average Bonchev–Trinajstić information content (AvgIpc) is 2.98. The normalized spacial score (nSPS) is 10.9. The predicted octanol–water partition coefficient (Wildman–Crippen LogP) is 4.60. The van der Waals surface area contributed by atoms with Crippen LogP contribution in [0, 0.1) is 0 Å². The highest BCUT2D eigenvalue weighted by Gasteiger charge is 2.19. The molecule has 0 saturated carbocycles. The summed E-state index contributed by atoms with van der Waals surface area (Å²) in [5, 5.41) is 1.10. The SMILES string of the molecule is CC(C)N(CCOc1c(Cl)cc(Cl)cc1Cl)C(=O)n1ccnc1. The Hall–Kier alpha value is -1.43. The zero-order valence-corrected chi connectivity index (χ0v) is 14.9. The molecule has 8 heteroatoms. The Labute approximate surface area is 149 Å². The van der Waals surface area contributed by atoms with Crippen LogP contribution >= 0.6 is 34.8 Å². The quantitative estimate of drug-likeness (QED) is 0.766. The highest BCUT2D eigenvalue weighted by atomic mass is 35.5. The molecule has 0 spiro atoms. The lowest BCUT2D eigenvalue weighted by atomic mass is 10.3. The molecule has 0 N–H and O–H groups in total. The van der Waals surface area contributed by atoms with Crippen molar-refractivity contribution >= 4 is 40.8 Å². The molecule has 0 fully saturated rings. The Kier molecular flexibility index (Phi) is 6.16. The van der Waals surface area contributed by atoms with Crippen LogP contribution in [-0.4, -0.2) is 39.7 Å². The van der Waals surface area contributed by atoms with Crippen LogP contribution in [0.4, 0.5) is 4.79 Å². The highest BCUT2D eigenvalue weighted by molar-refractivity contribution is 6.40. The van der Waals surface area contributed by atoms with Crippen molar-refractivity contribution in [3.8, 4) is 5.75 Å². The van der Waals surface area contributed by atoms with E-state index in [9.17, 15) is 4.79 Å². The minimum absolute atomic E-state index is 0.00432. The number of rotatable bonds is 5. The van der Waals surface area contributed by atoms with E-state index >= 15 is 0 Å². The fourth-order valence-corrected chi connectivity index (χ4v) is 2.93. The number of carbonyl (C=O) groups is 1. The van der Waals surface area contributed by atoms with E-state index < -0.39 is 0 Å². The Morgan fingerprint density at radius 3 is 2.48 bits per heavy atom. The van der Waals surface area contributed by atoms with Gasteiger partial charge in [0.15, 0.2) is 5.75 Å². The lowest BCUT2D eigenvalue weighted by Gasteiger charge is -2.26. The second-order valence-electron chi connectivity index (χ2n) is 5.09. The van der Waals surface area contributed by atoms with Crippen molar-refractivity contribution in [3.05, 3.63) is 45.9 Å². The van der Waals surface area contributed by atoms with Crippen LogP contribution in [0.3, 0.4) is 0 Å². The summed E-state index contributed by atoms with van der Waals surface area (Å²) in [5.74, 6) is 0.358. The highest BCUT2D eigenvalue weighted by Crippen LogP contribution is 2.35. The largest absolute Gasteiger partial charge is 0.489 e. The zero-order chi connectivity index (χ0) is 17.0. The fraction of sp³-hybridized carbons (Fsp3) is 0.333. The van der Waals surface area contributed by atoms with Gasteiger partial charge in [-0.2, -0.15) is 0 Å². The molecule has 0 saturated heterocycles. The van der Waals surface area contributed by atoms with Crippen molar-refractivity contribution in [1.82, 2.24) is 14.5 Å². The van der Waals surface area contributed by atoms with Gasteiger partial charge < -0.3 is 9.64 Å². The van der Waals surface area contributed by atoms with Gasteiger partial charge in [-0.05, 0) is 26.0 Å². The van der Waals surface area contributed by atoms with Crippen LogP contribution in [0.2, 0.25) is 15.1 Å². The van der Waals surface area contributed by atoms with Crippen LogP contribution < -0.4 is 4.74 Å². The summed E-state index contributed by atoms with van der Waals surface area (Å²) in [6.45, 7) is 4.48. The molecular formula is C15H16Cl3N3O2. The molecule has 0 aliphatic rings. The zero-order valence-electron chi connectivity index (χ0n) is 12.7. The Morgan fingerprint density at radius 1 is 1.30 bits per heavy atom. The van der Waals surface area contributed by atoms with Crippen molar-refractivity contribution in [2.45, 2.75) is 19.9 Å². The van der Waals surface area contributed by atoms with E-state index in [1.807, 2.05) is 13.8 Å². The number of ether oxygens (including phenoxy) is 1. The molecule has 1 heterocycles. The Morgan fingerprint density at radius 2 is 1.96 bits per heavy atom. The topological polar surface area (TPSA) is 47.4 Å². The summed E-state index contributed by atoms with van der Waals surface area (Å²) in [6.07, 6.45) is 4.62. The second kappa shape index (κ2) is 7.90. The molecule has 1 amide bonds. The van der Waals surface area contributed by atoms with E-state index in [2.05, 4.69) is 4.98 Å². The molecule has 23 heavy (non-hydrogen) atoms. The summed E-state index contributed by atoms with van der Waals surface area (Å²) in [6, 6.07) is 2.95. The minimum atomic E-state index is -0.172. The van der Waals surface area contributed by atoms with Gasteiger partial charge in [-0.1, -0.05) is 34.8 Å². The molecule has 124 valence electrons. The number of nitrogens with zero attached hydrogens (tertiary/aromatic N) is 3. The van der Waals surface area contributed by atoms with Crippen LogP contribution in [0.5, 0.6) is 5.75 Å². The number of aromatic nitrogens is 2. The van der Waals surface area contributed by atoms with Gasteiger partial charge in [-0.25, -0.2) is 9.78 Å². The maximum absolute atomic E-state index is 12.4. The van der Waals surface area contributed by atoms with Gasteiger partial charge in [0, 0.05) is 23.5 Å². The summed E-state index contributed by atoms with van der Waals surface area (Å²) in [7, 11) is 0. The summed E-state index contributed by atoms with van der Waals surface area (Å²) in [5.41, 5.74) is 0. The number of hydrogen-bond donors (Lipinski definition) is 0. The predicted molar refractivity (Wildman–Crippen MR) is 91.8 cm³/mol. The molecular weight excluding hydrogens is 361 g/mol. The number of amides is 1. The molecule has 5 nitrogen and oxygen atoms in total. The van der Waals surface area contributed by atoms with Crippen molar-refractivity contribution < 1.29 is 9.53 Å². The summed E-state index contributed by atoms with van der Waals surface area (Å²) < 4.78 is 7.05. The Bertz CT molecular complexity index is 652. The van der Waals surface area contributed by atoms with E-state index in [4.69, 9.17) is 39.5 Å². The van der Waals surface area contributed by atoms with Gasteiger partial charge in [-0.3, -0.25) is 4.57 Å². The van der Waals surface area contributed by atoms with Crippen LogP contribution in [-0.2, 0) is 0 Å². The molecule has 0 unspecified atom stereocenters. The van der Waals surface area contributed by atoms with E-state index in [0.29, 0.717) is 27.4 Å². The summed E-state index contributed by atoms with van der Waals surface area (Å²) >= 11 is 18.0. The smallest absolute Gasteiger partial charge is 0.329 e. The Balaban J connectivity index is 2.02. The third-order valence-electron chi connectivity index (χ3n) is 3.14. The van der Waals surface area contributed by atoms with E-state index in [0.717, 1.165) is 0 Å². The molecule has 1 aromatic carbocycles. The number of imidazole rings is 1.